The van der Waals surface area contributed by atoms with Crippen molar-refractivity contribution >= 4 is 34.8 Å². The van der Waals surface area contributed by atoms with Crippen LogP contribution in [0.2, 0.25) is 0 Å². The zero-order chi connectivity index (χ0) is 21.9. The maximum Gasteiger partial charge on any atom is 0.335 e. The minimum absolute atomic E-state index is 0.243. The standard InChI is InChI=1S/C23H28IN3O4/c1-29-21-15-17(16-25-27-23(28)26-18-8-4-2-5-9-18)14-20(24)22(21)31-13-12-30-19-10-6-3-7-11-19/h3,6-7,10-11,14-16,18H,2,4-5,8-9,12-13H2,1H3,(H2,26,27,28)/b25-16-. The molecule has 1 fully saturated rings. The summed E-state index contributed by atoms with van der Waals surface area (Å²) in [4.78, 5) is 12.0. The molecule has 7 nitrogen and oxygen atoms in total. The van der Waals surface area contributed by atoms with E-state index in [0.717, 1.165) is 27.7 Å². The van der Waals surface area contributed by atoms with Crippen molar-refractivity contribution < 1.29 is 19.0 Å². The summed E-state index contributed by atoms with van der Waals surface area (Å²) in [6.45, 7) is 0.810. The average molecular weight is 537 g/mol. The third-order valence-electron chi connectivity index (χ3n) is 4.91. The monoisotopic (exact) mass is 537 g/mol. The summed E-state index contributed by atoms with van der Waals surface area (Å²) in [5.74, 6) is 2.05. The second-order valence-corrected chi connectivity index (χ2v) is 8.38. The number of halogens is 1. The molecule has 0 bridgehead atoms. The summed E-state index contributed by atoms with van der Waals surface area (Å²) >= 11 is 2.19. The first kappa shape index (κ1) is 23.2. The van der Waals surface area contributed by atoms with Crippen LogP contribution in [0.25, 0.3) is 0 Å². The maximum absolute atomic E-state index is 12.0. The Kier molecular flexibility index (Phi) is 9.26. The van der Waals surface area contributed by atoms with Crippen LogP contribution in [0.1, 0.15) is 37.7 Å². The van der Waals surface area contributed by atoms with Gasteiger partial charge in [0.15, 0.2) is 11.5 Å². The highest BCUT2D eigenvalue weighted by Gasteiger charge is 2.15. The molecule has 1 aliphatic rings. The van der Waals surface area contributed by atoms with E-state index in [1.165, 1.54) is 19.3 Å². The molecule has 166 valence electrons. The van der Waals surface area contributed by atoms with E-state index in [1.807, 2.05) is 42.5 Å². The van der Waals surface area contributed by atoms with Gasteiger partial charge >= 0.3 is 6.03 Å². The van der Waals surface area contributed by atoms with Crippen molar-refractivity contribution in [3.8, 4) is 17.2 Å². The molecule has 0 spiro atoms. The minimum Gasteiger partial charge on any atom is -0.493 e. The number of amides is 2. The van der Waals surface area contributed by atoms with Gasteiger partial charge in [-0.15, -0.1) is 0 Å². The normalized spacial score (nSPS) is 14.3. The summed E-state index contributed by atoms with van der Waals surface area (Å²) in [7, 11) is 1.59. The number of nitrogens with zero attached hydrogens (tertiary/aromatic N) is 1. The Morgan fingerprint density at radius 3 is 2.61 bits per heavy atom. The second-order valence-electron chi connectivity index (χ2n) is 7.22. The van der Waals surface area contributed by atoms with Gasteiger partial charge in [-0.3, -0.25) is 0 Å². The minimum atomic E-state index is -0.275. The predicted octanol–water partition coefficient (Wildman–Crippen LogP) is 4.72. The van der Waals surface area contributed by atoms with Gasteiger partial charge in [0.05, 0.1) is 16.9 Å². The predicted molar refractivity (Wildman–Crippen MR) is 129 cm³/mol. The van der Waals surface area contributed by atoms with Crippen molar-refractivity contribution in [2.75, 3.05) is 20.3 Å². The number of hydrogen-bond acceptors (Lipinski definition) is 5. The number of benzene rings is 2. The molecule has 0 aromatic heterocycles. The van der Waals surface area contributed by atoms with Crippen molar-refractivity contribution in [1.82, 2.24) is 10.7 Å². The number of hydrazone groups is 1. The number of urea groups is 1. The SMILES string of the molecule is COc1cc(/C=N\NC(=O)NC2CCCCC2)cc(I)c1OCCOc1ccccc1. The van der Waals surface area contributed by atoms with Crippen LogP contribution in [0.3, 0.4) is 0 Å². The molecule has 2 aromatic rings. The Balaban J connectivity index is 1.50. The van der Waals surface area contributed by atoms with Crippen molar-refractivity contribution in [1.29, 1.82) is 0 Å². The molecule has 0 aliphatic heterocycles. The highest BCUT2D eigenvalue weighted by atomic mass is 127. The van der Waals surface area contributed by atoms with Gasteiger partial charge in [-0.1, -0.05) is 37.5 Å². The lowest BCUT2D eigenvalue weighted by atomic mass is 9.96. The van der Waals surface area contributed by atoms with Crippen LogP contribution in [0.4, 0.5) is 4.79 Å². The molecule has 1 aliphatic carbocycles. The third-order valence-corrected chi connectivity index (χ3v) is 5.71. The quantitative estimate of drug-likeness (QED) is 0.210. The van der Waals surface area contributed by atoms with Gasteiger partial charge in [0, 0.05) is 6.04 Å². The van der Waals surface area contributed by atoms with Crippen LogP contribution in [0.15, 0.2) is 47.6 Å². The number of nitrogens with one attached hydrogen (secondary N) is 2. The van der Waals surface area contributed by atoms with Crippen molar-refractivity contribution in [2.45, 2.75) is 38.1 Å². The van der Waals surface area contributed by atoms with E-state index in [4.69, 9.17) is 14.2 Å². The first-order valence-electron chi connectivity index (χ1n) is 10.4. The number of rotatable bonds is 9. The molecule has 0 heterocycles. The molecule has 2 N–H and O–H groups in total. The molecule has 1 saturated carbocycles. The molecule has 3 rings (SSSR count). The van der Waals surface area contributed by atoms with Gasteiger partial charge in [-0.05, 0) is 65.3 Å². The Hall–Kier alpha value is -2.49. The number of hydrogen-bond donors (Lipinski definition) is 2. The number of ether oxygens (including phenoxy) is 3. The van der Waals surface area contributed by atoms with Crippen LogP contribution in [0.5, 0.6) is 17.2 Å². The Bertz CT molecular complexity index is 871. The molecular formula is C23H28IN3O4. The zero-order valence-electron chi connectivity index (χ0n) is 17.6. The van der Waals surface area contributed by atoms with E-state index in [0.29, 0.717) is 24.7 Å². The van der Waals surface area contributed by atoms with Crippen LogP contribution in [-0.4, -0.2) is 38.6 Å². The first-order chi connectivity index (χ1) is 15.2. The topological polar surface area (TPSA) is 81.2 Å². The van der Waals surface area contributed by atoms with Gasteiger partial charge < -0.3 is 19.5 Å². The molecule has 2 aromatic carbocycles. The molecular weight excluding hydrogens is 509 g/mol. The lowest BCUT2D eigenvalue weighted by Gasteiger charge is -2.22. The van der Waals surface area contributed by atoms with E-state index in [-0.39, 0.29) is 12.1 Å². The number of para-hydroxylation sites is 1. The highest BCUT2D eigenvalue weighted by molar-refractivity contribution is 14.1. The van der Waals surface area contributed by atoms with Crippen LogP contribution in [-0.2, 0) is 0 Å². The number of carbonyl (C=O) groups excluding carboxylic acids is 1. The summed E-state index contributed by atoms with van der Waals surface area (Å²) in [6.07, 6.45) is 7.23. The average Bonchev–Trinajstić information content (AvgIpc) is 2.79. The Morgan fingerprint density at radius 2 is 1.87 bits per heavy atom. The van der Waals surface area contributed by atoms with E-state index in [1.54, 1.807) is 13.3 Å². The third kappa shape index (κ3) is 7.61. The van der Waals surface area contributed by atoms with E-state index in [2.05, 4.69) is 38.4 Å². The van der Waals surface area contributed by atoms with Gasteiger partial charge in [0.1, 0.15) is 19.0 Å². The molecule has 0 atom stereocenters. The fraction of sp³-hybridized carbons (Fsp3) is 0.391. The van der Waals surface area contributed by atoms with Gasteiger partial charge in [-0.2, -0.15) is 5.10 Å². The molecule has 0 radical (unpaired) electrons. The number of carbonyl (C=O) groups is 1. The molecule has 0 saturated heterocycles. The van der Waals surface area contributed by atoms with Crippen molar-refractivity contribution in [3.05, 3.63) is 51.6 Å². The molecule has 31 heavy (non-hydrogen) atoms. The van der Waals surface area contributed by atoms with Crippen molar-refractivity contribution in [3.63, 3.8) is 0 Å². The Morgan fingerprint density at radius 1 is 1.13 bits per heavy atom. The van der Waals surface area contributed by atoms with Gasteiger partial charge in [0.2, 0.25) is 0 Å². The lowest BCUT2D eigenvalue weighted by Crippen LogP contribution is -2.41. The summed E-state index contributed by atoms with van der Waals surface area (Å²) < 4.78 is 17.9. The lowest BCUT2D eigenvalue weighted by molar-refractivity contribution is 0.210. The van der Waals surface area contributed by atoms with Crippen LogP contribution >= 0.6 is 22.6 Å². The largest absolute Gasteiger partial charge is 0.493 e. The fourth-order valence-corrected chi connectivity index (χ4v) is 4.19. The smallest absolute Gasteiger partial charge is 0.335 e. The van der Waals surface area contributed by atoms with Crippen LogP contribution in [0, 0.1) is 3.57 Å². The van der Waals surface area contributed by atoms with E-state index in [9.17, 15) is 4.79 Å². The summed E-state index contributed by atoms with van der Waals surface area (Å²) in [6, 6.07) is 13.3. The first-order valence-corrected chi connectivity index (χ1v) is 11.5. The van der Waals surface area contributed by atoms with E-state index >= 15 is 0 Å². The molecule has 0 unspecified atom stereocenters. The summed E-state index contributed by atoms with van der Waals surface area (Å²) in [5.41, 5.74) is 3.33. The fourth-order valence-electron chi connectivity index (χ4n) is 3.40. The molecule has 8 heteroatoms. The summed E-state index contributed by atoms with van der Waals surface area (Å²) in [5, 5.41) is 7.02. The second kappa shape index (κ2) is 12.4. The van der Waals surface area contributed by atoms with E-state index < -0.39 is 0 Å². The van der Waals surface area contributed by atoms with Gasteiger partial charge in [-0.25, -0.2) is 10.2 Å². The Labute approximate surface area is 196 Å². The maximum atomic E-state index is 12.0. The van der Waals surface area contributed by atoms with Crippen molar-refractivity contribution in [2.24, 2.45) is 5.10 Å². The van der Waals surface area contributed by atoms with Crippen LogP contribution < -0.4 is 25.0 Å². The molecule has 2 amide bonds. The van der Waals surface area contributed by atoms with Gasteiger partial charge in [0.25, 0.3) is 0 Å². The highest BCUT2D eigenvalue weighted by Crippen LogP contribution is 2.33. The zero-order valence-corrected chi connectivity index (χ0v) is 19.8. The number of methoxy groups -OCH3 is 1.